The third-order valence-corrected chi connectivity index (χ3v) is 4.70. The lowest BCUT2D eigenvalue weighted by molar-refractivity contribution is -0.189. The molecule has 0 aromatic rings. The Kier molecular flexibility index (Phi) is 3.36. The van der Waals surface area contributed by atoms with Crippen molar-refractivity contribution in [3.8, 4) is 0 Å². The van der Waals surface area contributed by atoms with Crippen LogP contribution in [-0.4, -0.2) is 23.9 Å². The minimum Gasteiger partial charge on any atom is -0.392 e. The van der Waals surface area contributed by atoms with Gasteiger partial charge in [0.2, 0.25) is 0 Å². The van der Waals surface area contributed by atoms with Gasteiger partial charge in [0.25, 0.3) is 0 Å². The Morgan fingerprint density at radius 1 is 1.33 bits per heavy atom. The molecule has 2 aliphatic rings. The molecule has 1 N–H and O–H groups in total. The van der Waals surface area contributed by atoms with E-state index < -0.39 is 0 Å². The van der Waals surface area contributed by atoms with Gasteiger partial charge in [0.05, 0.1) is 12.2 Å². The molecule has 0 heterocycles. The third-order valence-electron chi connectivity index (χ3n) is 4.70. The normalized spacial score (nSPS) is 41.8. The van der Waals surface area contributed by atoms with Crippen molar-refractivity contribution in [1.29, 1.82) is 0 Å². The quantitative estimate of drug-likeness (QED) is 0.776. The van der Waals surface area contributed by atoms with E-state index in [0.29, 0.717) is 6.10 Å². The first-order valence-electron chi connectivity index (χ1n) is 6.46. The van der Waals surface area contributed by atoms with E-state index in [1.807, 2.05) is 0 Å². The number of hydrogen-bond donors (Lipinski definition) is 1. The molecule has 2 rings (SSSR count). The molecule has 2 fully saturated rings. The molecule has 0 aromatic carbocycles. The number of aliphatic hydroxyl groups is 1. The van der Waals surface area contributed by atoms with Gasteiger partial charge >= 0.3 is 0 Å². The fraction of sp³-hybridized carbons (Fsp3) is 1.00. The first-order chi connectivity index (χ1) is 7.16. The number of hydrogen-bond acceptors (Lipinski definition) is 2. The van der Waals surface area contributed by atoms with Crippen LogP contribution >= 0.6 is 0 Å². The van der Waals surface area contributed by atoms with Gasteiger partial charge in [-0.05, 0) is 25.2 Å². The van der Waals surface area contributed by atoms with Crippen molar-refractivity contribution in [2.45, 2.75) is 64.6 Å². The Hall–Kier alpha value is -0.0800. The lowest BCUT2D eigenvalue weighted by Gasteiger charge is -2.51. The Morgan fingerprint density at radius 3 is 2.53 bits per heavy atom. The minimum absolute atomic E-state index is 0.0264. The average Bonchev–Trinajstić information content (AvgIpc) is 2.75. The molecule has 0 bridgehead atoms. The molecule has 0 radical (unpaired) electrons. The summed E-state index contributed by atoms with van der Waals surface area (Å²) in [5.41, 5.74) is 0.0264. The molecule has 2 aliphatic carbocycles. The zero-order valence-corrected chi connectivity index (χ0v) is 10.0. The van der Waals surface area contributed by atoms with Gasteiger partial charge in [-0.15, -0.1) is 0 Å². The SMILES string of the molecule is CCC1(C)C(O)CC1OCC1CCCC1. The third kappa shape index (κ3) is 2.07. The molecule has 0 saturated heterocycles. The Labute approximate surface area is 93.0 Å². The summed E-state index contributed by atoms with van der Waals surface area (Å²) in [4.78, 5) is 0. The molecule has 0 spiro atoms. The summed E-state index contributed by atoms with van der Waals surface area (Å²) in [7, 11) is 0. The first kappa shape index (κ1) is 11.4. The van der Waals surface area contributed by atoms with Crippen LogP contribution in [0.15, 0.2) is 0 Å². The van der Waals surface area contributed by atoms with Crippen molar-refractivity contribution in [2.24, 2.45) is 11.3 Å². The van der Waals surface area contributed by atoms with Crippen LogP contribution < -0.4 is 0 Å². The van der Waals surface area contributed by atoms with Crippen LogP contribution in [-0.2, 0) is 4.74 Å². The molecular formula is C13H24O2. The molecule has 0 aliphatic heterocycles. The fourth-order valence-electron chi connectivity index (χ4n) is 2.95. The highest BCUT2D eigenvalue weighted by atomic mass is 16.5. The van der Waals surface area contributed by atoms with Crippen LogP contribution in [0.4, 0.5) is 0 Å². The van der Waals surface area contributed by atoms with Gasteiger partial charge < -0.3 is 9.84 Å². The second-order valence-electron chi connectivity index (χ2n) is 5.58. The van der Waals surface area contributed by atoms with Crippen molar-refractivity contribution in [3.63, 3.8) is 0 Å². The van der Waals surface area contributed by atoms with E-state index in [2.05, 4.69) is 13.8 Å². The highest BCUT2D eigenvalue weighted by Gasteiger charge is 2.50. The van der Waals surface area contributed by atoms with E-state index in [0.717, 1.165) is 25.4 Å². The maximum Gasteiger partial charge on any atom is 0.0678 e. The van der Waals surface area contributed by atoms with E-state index in [1.165, 1.54) is 25.7 Å². The molecule has 15 heavy (non-hydrogen) atoms. The summed E-state index contributed by atoms with van der Waals surface area (Å²) < 4.78 is 5.98. The molecule has 88 valence electrons. The predicted molar refractivity (Wildman–Crippen MR) is 60.7 cm³/mol. The van der Waals surface area contributed by atoms with Crippen LogP contribution in [0, 0.1) is 11.3 Å². The number of rotatable bonds is 4. The van der Waals surface area contributed by atoms with E-state index >= 15 is 0 Å². The molecule has 2 heteroatoms. The van der Waals surface area contributed by atoms with E-state index in [1.54, 1.807) is 0 Å². The minimum atomic E-state index is -0.143. The van der Waals surface area contributed by atoms with E-state index in [4.69, 9.17) is 4.74 Å². The molecular weight excluding hydrogens is 188 g/mol. The predicted octanol–water partition coefficient (Wildman–Crippen LogP) is 2.74. The van der Waals surface area contributed by atoms with Crippen LogP contribution in [0.2, 0.25) is 0 Å². The summed E-state index contributed by atoms with van der Waals surface area (Å²) in [6, 6.07) is 0. The largest absolute Gasteiger partial charge is 0.392 e. The molecule has 0 amide bonds. The lowest BCUT2D eigenvalue weighted by atomic mass is 9.63. The Bertz CT molecular complexity index is 211. The summed E-state index contributed by atoms with van der Waals surface area (Å²) in [6.45, 7) is 5.22. The van der Waals surface area contributed by atoms with Crippen molar-refractivity contribution >= 4 is 0 Å². The highest BCUT2D eigenvalue weighted by Crippen LogP contribution is 2.46. The van der Waals surface area contributed by atoms with Crippen molar-refractivity contribution in [1.82, 2.24) is 0 Å². The van der Waals surface area contributed by atoms with E-state index in [9.17, 15) is 5.11 Å². The molecule has 0 aromatic heterocycles. The van der Waals surface area contributed by atoms with Crippen LogP contribution in [0.3, 0.4) is 0 Å². The monoisotopic (exact) mass is 212 g/mol. The van der Waals surface area contributed by atoms with Gasteiger partial charge in [0.1, 0.15) is 0 Å². The Balaban J connectivity index is 1.75. The van der Waals surface area contributed by atoms with Crippen LogP contribution in [0.5, 0.6) is 0 Å². The van der Waals surface area contributed by atoms with Crippen LogP contribution in [0.1, 0.15) is 52.4 Å². The zero-order valence-electron chi connectivity index (χ0n) is 10.0. The van der Waals surface area contributed by atoms with Crippen molar-refractivity contribution < 1.29 is 9.84 Å². The molecule has 2 nitrogen and oxygen atoms in total. The average molecular weight is 212 g/mol. The van der Waals surface area contributed by atoms with Crippen molar-refractivity contribution in [3.05, 3.63) is 0 Å². The fourth-order valence-corrected chi connectivity index (χ4v) is 2.95. The summed E-state index contributed by atoms with van der Waals surface area (Å²) >= 11 is 0. The second-order valence-corrected chi connectivity index (χ2v) is 5.58. The summed E-state index contributed by atoms with van der Waals surface area (Å²) in [5.74, 6) is 0.795. The molecule has 3 atom stereocenters. The smallest absolute Gasteiger partial charge is 0.0678 e. The van der Waals surface area contributed by atoms with Gasteiger partial charge in [-0.2, -0.15) is 0 Å². The standard InChI is InChI=1S/C13H24O2/c1-3-13(2)11(14)8-12(13)15-9-10-6-4-5-7-10/h10-12,14H,3-9H2,1-2H3. The number of aliphatic hydroxyl groups excluding tert-OH is 1. The zero-order chi connectivity index (χ0) is 10.9. The summed E-state index contributed by atoms with van der Waals surface area (Å²) in [6.07, 6.45) is 7.48. The topological polar surface area (TPSA) is 29.5 Å². The van der Waals surface area contributed by atoms with Gasteiger partial charge in [0.15, 0.2) is 0 Å². The van der Waals surface area contributed by atoms with Crippen LogP contribution in [0.25, 0.3) is 0 Å². The maximum atomic E-state index is 9.75. The Morgan fingerprint density at radius 2 is 2.00 bits per heavy atom. The summed E-state index contributed by atoms with van der Waals surface area (Å²) in [5, 5.41) is 9.75. The van der Waals surface area contributed by atoms with Gasteiger partial charge in [-0.3, -0.25) is 0 Å². The number of ether oxygens (including phenoxy) is 1. The van der Waals surface area contributed by atoms with Crippen molar-refractivity contribution in [2.75, 3.05) is 6.61 Å². The highest BCUT2D eigenvalue weighted by molar-refractivity contribution is 5.00. The molecule has 3 unspecified atom stereocenters. The molecule has 2 saturated carbocycles. The second kappa shape index (κ2) is 4.42. The van der Waals surface area contributed by atoms with Gasteiger partial charge in [0, 0.05) is 18.4 Å². The lowest BCUT2D eigenvalue weighted by Crippen LogP contribution is -2.56. The van der Waals surface area contributed by atoms with E-state index in [-0.39, 0.29) is 11.5 Å². The van der Waals surface area contributed by atoms with Gasteiger partial charge in [-0.1, -0.05) is 26.7 Å². The van der Waals surface area contributed by atoms with Gasteiger partial charge in [-0.25, -0.2) is 0 Å². The first-order valence-corrected chi connectivity index (χ1v) is 6.46. The maximum absolute atomic E-state index is 9.75.